The van der Waals surface area contributed by atoms with E-state index in [0.717, 1.165) is 5.82 Å². The summed E-state index contributed by atoms with van der Waals surface area (Å²) in [6, 6.07) is 11.9. The van der Waals surface area contributed by atoms with Crippen molar-refractivity contribution in [2.75, 3.05) is 60.0 Å². The molecule has 1 aromatic heterocycles. The summed E-state index contributed by atoms with van der Waals surface area (Å²) in [6.45, 7) is 2.27. The fourth-order valence-electron chi connectivity index (χ4n) is 3.97. The van der Waals surface area contributed by atoms with Crippen LogP contribution in [0.15, 0.2) is 48.7 Å². The Morgan fingerprint density at radius 2 is 1.73 bits per heavy atom. The van der Waals surface area contributed by atoms with Crippen LogP contribution in [0.25, 0.3) is 0 Å². The van der Waals surface area contributed by atoms with E-state index in [9.17, 15) is 21.6 Å². The lowest BCUT2D eigenvalue weighted by Gasteiger charge is -2.34. The Labute approximate surface area is 194 Å². The second-order valence-corrected chi connectivity index (χ2v) is 12.0. The van der Waals surface area contributed by atoms with Crippen molar-refractivity contribution in [3.05, 3.63) is 54.2 Å². The molecule has 0 saturated carbocycles. The lowest BCUT2D eigenvalue weighted by atomic mass is 10.2. The van der Waals surface area contributed by atoms with Gasteiger partial charge in [0.25, 0.3) is 5.91 Å². The number of carbonyl (C=O) groups excluding carboxylic acids is 1. The second-order valence-electron chi connectivity index (χ2n) is 7.93. The van der Waals surface area contributed by atoms with Crippen LogP contribution in [0.2, 0.25) is 0 Å². The maximum Gasteiger partial charge on any atom is 0.251 e. The summed E-state index contributed by atoms with van der Waals surface area (Å²) in [7, 11) is -6.78. The third-order valence-corrected chi connectivity index (χ3v) is 9.51. The number of rotatable bonds is 7. The first kappa shape index (κ1) is 23.5. The Morgan fingerprint density at radius 3 is 2.33 bits per heavy atom. The molecule has 0 spiro atoms. The monoisotopic (exact) mass is 493 g/mol. The Kier molecular flexibility index (Phi) is 6.86. The molecule has 0 aliphatic carbocycles. The quantitative estimate of drug-likeness (QED) is 0.596. The fraction of sp³-hybridized carbons (Fsp3) is 0.429. The second kappa shape index (κ2) is 9.65. The van der Waals surface area contributed by atoms with Gasteiger partial charge < -0.3 is 10.2 Å². The third-order valence-electron chi connectivity index (χ3n) is 5.77. The highest BCUT2D eigenvalue weighted by atomic mass is 32.2. The van der Waals surface area contributed by atoms with Gasteiger partial charge in [0.1, 0.15) is 5.82 Å². The number of hydrogen-bond acceptors (Lipinski definition) is 7. The molecule has 33 heavy (non-hydrogen) atoms. The number of pyridine rings is 1. The van der Waals surface area contributed by atoms with Gasteiger partial charge in [0, 0.05) is 51.0 Å². The number of nitrogens with zero attached hydrogens (tertiary/aromatic N) is 4. The van der Waals surface area contributed by atoms with Crippen molar-refractivity contribution >= 4 is 37.5 Å². The molecule has 12 heteroatoms. The molecule has 2 fully saturated rings. The summed E-state index contributed by atoms with van der Waals surface area (Å²) < 4.78 is 52.2. The van der Waals surface area contributed by atoms with Gasteiger partial charge >= 0.3 is 0 Å². The fourth-order valence-corrected chi connectivity index (χ4v) is 6.87. The number of amides is 1. The molecule has 4 rings (SSSR count). The van der Waals surface area contributed by atoms with E-state index in [4.69, 9.17) is 0 Å². The van der Waals surface area contributed by atoms with Crippen LogP contribution < -0.4 is 14.5 Å². The maximum absolute atomic E-state index is 12.7. The standard InChI is InChI=1S/C21H27N5O5S2/c27-21(18-5-7-19(8-6-18)26-11-3-16-33(26,30)31)23-10-17-32(28,29)25-14-12-24(13-15-25)20-4-1-2-9-22-20/h1-2,4-9H,3,10-17H2,(H,23,27). The molecule has 2 saturated heterocycles. The van der Waals surface area contributed by atoms with Crippen molar-refractivity contribution in [2.24, 2.45) is 0 Å². The Bertz CT molecular complexity index is 1180. The molecule has 2 aliphatic heterocycles. The Balaban J connectivity index is 1.26. The predicted molar refractivity (Wildman–Crippen MR) is 126 cm³/mol. The summed E-state index contributed by atoms with van der Waals surface area (Å²) in [5.74, 6) is 0.366. The molecule has 2 aromatic rings. The number of anilines is 2. The summed E-state index contributed by atoms with van der Waals surface area (Å²) >= 11 is 0. The number of nitrogens with one attached hydrogen (secondary N) is 1. The molecular formula is C21H27N5O5S2. The van der Waals surface area contributed by atoms with E-state index in [0.29, 0.717) is 50.4 Å². The van der Waals surface area contributed by atoms with E-state index >= 15 is 0 Å². The lowest BCUT2D eigenvalue weighted by Crippen LogP contribution is -2.50. The topological polar surface area (TPSA) is 120 Å². The van der Waals surface area contributed by atoms with E-state index in [2.05, 4.69) is 10.3 Å². The molecule has 0 unspecified atom stereocenters. The van der Waals surface area contributed by atoms with Gasteiger partial charge in [-0.05, 0) is 42.8 Å². The number of carbonyl (C=O) groups is 1. The van der Waals surface area contributed by atoms with Crippen LogP contribution in [0.4, 0.5) is 11.5 Å². The van der Waals surface area contributed by atoms with Crippen molar-refractivity contribution in [1.29, 1.82) is 0 Å². The average Bonchev–Trinajstić information content (AvgIpc) is 3.18. The van der Waals surface area contributed by atoms with Crippen LogP contribution in [0.5, 0.6) is 0 Å². The summed E-state index contributed by atoms with van der Waals surface area (Å²) in [5.41, 5.74) is 0.869. The van der Waals surface area contributed by atoms with Gasteiger partial charge in [-0.3, -0.25) is 9.10 Å². The zero-order valence-electron chi connectivity index (χ0n) is 18.1. The largest absolute Gasteiger partial charge is 0.354 e. The number of piperazine rings is 1. The van der Waals surface area contributed by atoms with Crippen LogP contribution in [-0.4, -0.2) is 82.8 Å². The number of benzene rings is 1. The van der Waals surface area contributed by atoms with Crippen molar-refractivity contribution in [1.82, 2.24) is 14.6 Å². The molecule has 1 amide bonds. The Hall–Kier alpha value is -2.70. The first-order valence-corrected chi connectivity index (χ1v) is 14.0. The number of aromatic nitrogens is 1. The van der Waals surface area contributed by atoms with Gasteiger partial charge in [0.15, 0.2) is 0 Å². The molecule has 178 valence electrons. The van der Waals surface area contributed by atoms with Crippen LogP contribution in [0.3, 0.4) is 0 Å². The minimum Gasteiger partial charge on any atom is -0.354 e. The van der Waals surface area contributed by atoms with Crippen molar-refractivity contribution < 1.29 is 21.6 Å². The highest BCUT2D eigenvalue weighted by Gasteiger charge is 2.29. The van der Waals surface area contributed by atoms with Crippen LogP contribution >= 0.6 is 0 Å². The van der Waals surface area contributed by atoms with Gasteiger partial charge in [0.05, 0.1) is 17.2 Å². The van der Waals surface area contributed by atoms with E-state index in [-0.39, 0.29) is 18.1 Å². The normalized spacial score (nSPS) is 18.9. The van der Waals surface area contributed by atoms with Gasteiger partial charge in [0.2, 0.25) is 20.0 Å². The average molecular weight is 494 g/mol. The van der Waals surface area contributed by atoms with E-state index < -0.39 is 26.0 Å². The van der Waals surface area contributed by atoms with Crippen molar-refractivity contribution in [2.45, 2.75) is 6.42 Å². The van der Waals surface area contributed by atoms with Crippen LogP contribution in [0.1, 0.15) is 16.8 Å². The number of sulfonamides is 2. The van der Waals surface area contributed by atoms with Crippen molar-refractivity contribution in [3.8, 4) is 0 Å². The van der Waals surface area contributed by atoms with Crippen LogP contribution in [-0.2, 0) is 20.0 Å². The molecule has 0 bridgehead atoms. The van der Waals surface area contributed by atoms with E-state index in [1.165, 1.54) is 8.61 Å². The molecule has 1 aromatic carbocycles. The van der Waals surface area contributed by atoms with Gasteiger partial charge in [-0.15, -0.1) is 0 Å². The molecule has 10 nitrogen and oxygen atoms in total. The lowest BCUT2D eigenvalue weighted by molar-refractivity contribution is 0.0956. The Morgan fingerprint density at radius 1 is 1.00 bits per heavy atom. The molecule has 3 heterocycles. The smallest absolute Gasteiger partial charge is 0.251 e. The van der Waals surface area contributed by atoms with Crippen molar-refractivity contribution in [3.63, 3.8) is 0 Å². The summed E-state index contributed by atoms with van der Waals surface area (Å²) in [6.07, 6.45) is 2.29. The highest BCUT2D eigenvalue weighted by Crippen LogP contribution is 2.24. The molecule has 0 atom stereocenters. The summed E-state index contributed by atoms with van der Waals surface area (Å²) in [4.78, 5) is 18.7. The third kappa shape index (κ3) is 5.45. The van der Waals surface area contributed by atoms with Gasteiger partial charge in [-0.2, -0.15) is 4.31 Å². The first-order valence-electron chi connectivity index (χ1n) is 10.8. The summed E-state index contributed by atoms with van der Waals surface area (Å²) in [5, 5.41) is 2.64. The molecular weight excluding hydrogens is 466 g/mol. The zero-order valence-corrected chi connectivity index (χ0v) is 19.8. The van der Waals surface area contributed by atoms with E-state index in [1.807, 2.05) is 23.1 Å². The van der Waals surface area contributed by atoms with Crippen LogP contribution in [0, 0.1) is 0 Å². The number of hydrogen-bond donors (Lipinski definition) is 1. The van der Waals surface area contributed by atoms with Gasteiger partial charge in [-0.1, -0.05) is 6.07 Å². The minimum absolute atomic E-state index is 0.0100. The van der Waals surface area contributed by atoms with E-state index in [1.54, 1.807) is 30.5 Å². The maximum atomic E-state index is 12.7. The molecule has 0 radical (unpaired) electrons. The zero-order chi connectivity index (χ0) is 23.5. The molecule has 2 aliphatic rings. The minimum atomic E-state index is -3.50. The SMILES string of the molecule is O=C(NCCS(=O)(=O)N1CCN(c2ccccn2)CC1)c1ccc(N2CCCS2(=O)=O)cc1. The first-order chi connectivity index (χ1) is 15.8. The van der Waals surface area contributed by atoms with Gasteiger partial charge in [-0.25, -0.2) is 21.8 Å². The highest BCUT2D eigenvalue weighted by molar-refractivity contribution is 7.93. The predicted octanol–water partition coefficient (Wildman–Crippen LogP) is 0.503. The molecule has 1 N–H and O–H groups in total.